The van der Waals surface area contributed by atoms with Crippen LogP contribution in [-0.2, 0) is 11.3 Å². The molecule has 1 amide bonds. The molecule has 1 aliphatic heterocycles. The van der Waals surface area contributed by atoms with Crippen molar-refractivity contribution < 1.29 is 4.79 Å². The number of aryl methyl sites for hydroxylation is 2. The van der Waals surface area contributed by atoms with Gasteiger partial charge in [0.05, 0.1) is 5.54 Å². The molecule has 0 unspecified atom stereocenters. The number of carbonyl (C=O) groups excluding carboxylic acids is 1. The third-order valence-corrected chi connectivity index (χ3v) is 3.64. The Balaban J connectivity index is 2.18. The van der Waals surface area contributed by atoms with Crippen LogP contribution in [0.3, 0.4) is 0 Å². The van der Waals surface area contributed by atoms with Gasteiger partial charge in [-0.05, 0) is 38.8 Å². The molecule has 0 saturated carbocycles. The first-order chi connectivity index (χ1) is 8.40. The van der Waals surface area contributed by atoms with Gasteiger partial charge in [-0.25, -0.2) is 0 Å². The third-order valence-electron chi connectivity index (χ3n) is 3.64. The number of nitrogens with one attached hydrogen (secondary N) is 1. The fraction of sp³-hybridized carbons (Fsp3) is 0.533. The van der Waals surface area contributed by atoms with Crippen molar-refractivity contribution in [3.05, 3.63) is 34.9 Å². The van der Waals surface area contributed by atoms with Crippen molar-refractivity contribution >= 4 is 5.91 Å². The molecule has 1 saturated heterocycles. The molecule has 2 rings (SSSR count). The highest BCUT2D eigenvalue weighted by molar-refractivity contribution is 5.86. The van der Waals surface area contributed by atoms with Gasteiger partial charge in [-0.3, -0.25) is 4.79 Å². The minimum atomic E-state index is -0.435. The Morgan fingerprint density at radius 3 is 2.78 bits per heavy atom. The zero-order valence-electron chi connectivity index (χ0n) is 11.7. The zero-order valence-corrected chi connectivity index (χ0v) is 11.7. The van der Waals surface area contributed by atoms with E-state index in [0.29, 0.717) is 0 Å². The number of carbonyl (C=O) groups is 1. The predicted octanol–water partition coefficient (Wildman–Crippen LogP) is 2.01. The molecule has 1 aliphatic rings. The summed E-state index contributed by atoms with van der Waals surface area (Å²) in [7, 11) is 0. The van der Waals surface area contributed by atoms with Crippen LogP contribution in [0.25, 0.3) is 0 Å². The lowest BCUT2D eigenvalue weighted by atomic mass is 9.99. The lowest BCUT2D eigenvalue weighted by Gasteiger charge is -2.38. The molecule has 0 atom stereocenters. The summed E-state index contributed by atoms with van der Waals surface area (Å²) in [6.45, 7) is 10.5. The Morgan fingerprint density at radius 2 is 2.06 bits per heavy atom. The quantitative estimate of drug-likeness (QED) is 0.866. The number of amides is 1. The van der Waals surface area contributed by atoms with Crippen LogP contribution in [0.2, 0.25) is 0 Å². The maximum atomic E-state index is 12.3. The van der Waals surface area contributed by atoms with E-state index in [1.165, 1.54) is 16.7 Å². The molecule has 98 valence electrons. The van der Waals surface area contributed by atoms with E-state index in [2.05, 4.69) is 37.4 Å². The second-order valence-corrected chi connectivity index (χ2v) is 5.71. The molecule has 1 fully saturated rings. The molecular weight excluding hydrogens is 224 g/mol. The van der Waals surface area contributed by atoms with Crippen LogP contribution in [0.15, 0.2) is 18.2 Å². The van der Waals surface area contributed by atoms with Crippen molar-refractivity contribution in [3.8, 4) is 0 Å². The number of benzene rings is 1. The fourth-order valence-corrected chi connectivity index (χ4v) is 2.40. The van der Waals surface area contributed by atoms with Crippen LogP contribution >= 0.6 is 0 Å². The molecule has 3 heteroatoms. The largest absolute Gasteiger partial charge is 0.336 e. The number of nitrogens with zero attached hydrogens (tertiary/aromatic N) is 1. The SMILES string of the molecule is Cc1ccc(C)c(CN2CCNC(C)(C)C2=O)c1. The van der Waals surface area contributed by atoms with Crippen LogP contribution in [-0.4, -0.2) is 29.4 Å². The van der Waals surface area contributed by atoms with Gasteiger partial charge in [0.2, 0.25) is 5.91 Å². The van der Waals surface area contributed by atoms with Gasteiger partial charge < -0.3 is 10.2 Å². The van der Waals surface area contributed by atoms with Crippen LogP contribution < -0.4 is 5.32 Å². The maximum Gasteiger partial charge on any atom is 0.242 e. The van der Waals surface area contributed by atoms with Crippen molar-refractivity contribution in [1.82, 2.24) is 10.2 Å². The van der Waals surface area contributed by atoms with E-state index >= 15 is 0 Å². The Kier molecular flexibility index (Phi) is 3.44. The fourth-order valence-electron chi connectivity index (χ4n) is 2.40. The molecule has 1 N–H and O–H groups in total. The van der Waals surface area contributed by atoms with Crippen LogP contribution in [0.5, 0.6) is 0 Å². The second-order valence-electron chi connectivity index (χ2n) is 5.71. The summed E-state index contributed by atoms with van der Waals surface area (Å²) in [5.41, 5.74) is 3.32. The van der Waals surface area contributed by atoms with E-state index in [4.69, 9.17) is 0 Å². The third kappa shape index (κ3) is 2.56. The molecule has 0 radical (unpaired) electrons. The van der Waals surface area contributed by atoms with Gasteiger partial charge in [0, 0.05) is 19.6 Å². The number of piperazine rings is 1. The molecule has 0 aliphatic carbocycles. The summed E-state index contributed by atoms with van der Waals surface area (Å²) >= 11 is 0. The highest BCUT2D eigenvalue weighted by Crippen LogP contribution is 2.18. The minimum absolute atomic E-state index is 0.189. The van der Waals surface area contributed by atoms with Gasteiger partial charge in [-0.2, -0.15) is 0 Å². The van der Waals surface area contributed by atoms with Gasteiger partial charge in [0.1, 0.15) is 0 Å². The van der Waals surface area contributed by atoms with Crippen molar-refractivity contribution in [1.29, 1.82) is 0 Å². The summed E-state index contributed by atoms with van der Waals surface area (Å²) in [6, 6.07) is 6.42. The van der Waals surface area contributed by atoms with Gasteiger partial charge >= 0.3 is 0 Å². The van der Waals surface area contributed by atoms with Gasteiger partial charge in [0.15, 0.2) is 0 Å². The van der Waals surface area contributed by atoms with E-state index in [-0.39, 0.29) is 5.91 Å². The molecule has 3 nitrogen and oxygen atoms in total. The van der Waals surface area contributed by atoms with Crippen molar-refractivity contribution in [3.63, 3.8) is 0 Å². The first-order valence-corrected chi connectivity index (χ1v) is 6.51. The summed E-state index contributed by atoms with van der Waals surface area (Å²) in [6.07, 6.45) is 0. The highest BCUT2D eigenvalue weighted by Gasteiger charge is 2.35. The lowest BCUT2D eigenvalue weighted by Crippen LogP contribution is -2.60. The van der Waals surface area contributed by atoms with Crippen LogP contribution in [0, 0.1) is 13.8 Å². The molecular formula is C15H22N2O. The van der Waals surface area contributed by atoms with Crippen molar-refractivity contribution in [2.24, 2.45) is 0 Å². The average Bonchev–Trinajstić information content (AvgIpc) is 2.30. The number of hydrogen-bond acceptors (Lipinski definition) is 2. The Morgan fingerprint density at radius 1 is 1.33 bits per heavy atom. The molecule has 1 aromatic carbocycles. The lowest BCUT2D eigenvalue weighted by molar-refractivity contribution is -0.140. The van der Waals surface area contributed by atoms with E-state index in [0.717, 1.165) is 19.6 Å². The number of hydrogen-bond donors (Lipinski definition) is 1. The molecule has 0 aromatic heterocycles. The molecule has 0 bridgehead atoms. The summed E-state index contributed by atoms with van der Waals surface area (Å²) < 4.78 is 0. The van der Waals surface area contributed by atoms with Gasteiger partial charge in [0.25, 0.3) is 0 Å². The smallest absolute Gasteiger partial charge is 0.242 e. The monoisotopic (exact) mass is 246 g/mol. The van der Waals surface area contributed by atoms with Crippen LogP contribution in [0.4, 0.5) is 0 Å². The Labute approximate surface area is 109 Å². The summed E-state index contributed by atoms with van der Waals surface area (Å²) in [5.74, 6) is 0.189. The topological polar surface area (TPSA) is 32.3 Å². The van der Waals surface area contributed by atoms with E-state index < -0.39 is 5.54 Å². The minimum Gasteiger partial charge on any atom is -0.336 e. The van der Waals surface area contributed by atoms with Crippen LogP contribution in [0.1, 0.15) is 30.5 Å². The van der Waals surface area contributed by atoms with Crippen molar-refractivity contribution in [2.45, 2.75) is 39.8 Å². The molecule has 1 aromatic rings. The van der Waals surface area contributed by atoms with Gasteiger partial charge in [-0.15, -0.1) is 0 Å². The highest BCUT2D eigenvalue weighted by atomic mass is 16.2. The second kappa shape index (κ2) is 4.73. The standard InChI is InChI=1S/C15H22N2O/c1-11-5-6-12(2)13(9-11)10-17-8-7-16-15(3,4)14(17)18/h5-6,9,16H,7-8,10H2,1-4H3. The molecule has 0 spiro atoms. The predicted molar refractivity (Wildman–Crippen MR) is 73.4 cm³/mol. The first kappa shape index (κ1) is 13.1. The summed E-state index contributed by atoms with van der Waals surface area (Å²) in [4.78, 5) is 14.3. The van der Waals surface area contributed by atoms with Gasteiger partial charge in [-0.1, -0.05) is 23.8 Å². The Hall–Kier alpha value is -1.35. The first-order valence-electron chi connectivity index (χ1n) is 6.51. The van der Waals surface area contributed by atoms with E-state index in [1.54, 1.807) is 0 Å². The normalized spacial score (nSPS) is 19.1. The van der Waals surface area contributed by atoms with E-state index in [9.17, 15) is 4.79 Å². The summed E-state index contributed by atoms with van der Waals surface area (Å²) in [5, 5.41) is 3.26. The number of rotatable bonds is 2. The molecule has 1 heterocycles. The zero-order chi connectivity index (χ0) is 13.3. The van der Waals surface area contributed by atoms with E-state index in [1.807, 2.05) is 18.7 Å². The Bertz CT molecular complexity index is 466. The maximum absolute atomic E-state index is 12.3. The van der Waals surface area contributed by atoms with Crippen molar-refractivity contribution in [2.75, 3.05) is 13.1 Å². The average molecular weight is 246 g/mol. The molecule has 18 heavy (non-hydrogen) atoms.